The topological polar surface area (TPSA) is 92.9 Å². The van der Waals surface area contributed by atoms with Gasteiger partial charge in [0, 0.05) is 17.7 Å². The number of anilines is 1. The van der Waals surface area contributed by atoms with Crippen LogP contribution < -0.4 is 9.64 Å². The molecule has 8 heteroatoms. The normalized spacial score (nSPS) is 15.4. The Balaban J connectivity index is 1.39. The molecule has 2 heterocycles. The van der Waals surface area contributed by atoms with Crippen LogP contribution in [0.3, 0.4) is 0 Å². The molecule has 1 aliphatic heterocycles. The predicted octanol–water partition coefficient (Wildman–Crippen LogP) is 4.46. The Morgan fingerprint density at radius 2 is 1.92 bits per heavy atom. The number of carbonyl (C=O) groups is 3. The van der Waals surface area contributed by atoms with Crippen molar-refractivity contribution in [1.82, 2.24) is 9.88 Å². The summed E-state index contributed by atoms with van der Waals surface area (Å²) in [5, 5.41) is 0. The Bertz CT molecular complexity index is 1440. The highest BCUT2D eigenvalue weighted by Gasteiger charge is 2.44. The molecule has 3 aromatic carbocycles. The molecule has 4 aromatic rings. The molecule has 0 radical (unpaired) electrons. The van der Waals surface area contributed by atoms with Gasteiger partial charge >= 0.3 is 0 Å². The van der Waals surface area contributed by atoms with Crippen LogP contribution in [-0.4, -0.2) is 47.3 Å². The van der Waals surface area contributed by atoms with Gasteiger partial charge in [0.15, 0.2) is 5.58 Å². The molecule has 0 aliphatic carbocycles. The molecule has 1 aliphatic rings. The lowest BCUT2D eigenvalue weighted by atomic mass is 10.1. The van der Waals surface area contributed by atoms with Gasteiger partial charge in [0.05, 0.1) is 19.2 Å². The number of hydrogen-bond donors (Lipinski definition) is 0. The summed E-state index contributed by atoms with van der Waals surface area (Å²) in [5.74, 6) is -0.262. The van der Waals surface area contributed by atoms with Crippen molar-refractivity contribution in [2.75, 3.05) is 18.6 Å². The number of oxazole rings is 1. The predicted molar refractivity (Wildman–Crippen MR) is 135 cm³/mol. The lowest BCUT2D eigenvalue weighted by Gasteiger charge is -2.26. The average Bonchev–Trinajstić information content (AvgIpc) is 3.47. The van der Waals surface area contributed by atoms with Crippen LogP contribution in [0, 0.1) is 0 Å². The molecule has 0 spiro atoms. The number of carbonyl (C=O) groups excluding carboxylic acids is 3. The zero-order chi connectivity index (χ0) is 25.2. The van der Waals surface area contributed by atoms with Crippen molar-refractivity contribution in [2.45, 2.75) is 12.5 Å². The largest absolute Gasteiger partial charge is 0.497 e. The molecule has 8 nitrogen and oxygen atoms in total. The fraction of sp³-hybridized carbons (Fsp3) is 0.143. The maximum atomic E-state index is 13.4. The van der Waals surface area contributed by atoms with E-state index >= 15 is 0 Å². The van der Waals surface area contributed by atoms with Crippen LogP contribution in [0.5, 0.6) is 5.75 Å². The number of amides is 3. The molecule has 1 atom stereocenters. The smallest absolute Gasteiger partial charge is 0.257 e. The Labute approximate surface area is 207 Å². The number of rotatable bonds is 7. The van der Waals surface area contributed by atoms with Gasteiger partial charge < -0.3 is 14.1 Å². The van der Waals surface area contributed by atoms with Crippen molar-refractivity contribution in [3.05, 3.63) is 91.0 Å². The van der Waals surface area contributed by atoms with Crippen molar-refractivity contribution in [2.24, 2.45) is 0 Å². The maximum absolute atomic E-state index is 13.4. The van der Waals surface area contributed by atoms with E-state index in [1.165, 1.54) is 18.1 Å². The van der Waals surface area contributed by atoms with Crippen LogP contribution >= 0.6 is 0 Å². The second-order valence-electron chi connectivity index (χ2n) is 8.30. The van der Waals surface area contributed by atoms with Gasteiger partial charge in [0.2, 0.25) is 11.8 Å². The number of imide groups is 1. The molecule has 0 bridgehead atoms. The van der Waals surface area contributed by atoms with Crippen LogP contribution in [0.2, 0.25) is 0 Å². The van der Waals surface area contributed by atoms with Crippen molar-refractivity contribution in [3.63, 3.8) is 0 Å². The molecule has 1 aromatic heterocycles. The Hall–Kier alpha value is -4.72. The summed E-state index contributed by atoms with van der Waals surface area (Å²) in [7, 11) is 1.51. The van der Waals surface area contributed by atoms with Crippen molar-refractivity contribution in [3.8, 4) is 17.2 Å². The van der Waals surface area contributed by atoms with E-state index in [0.717, 1.165) is 10.4 Å². The van der Waals surface area contributed by atoms with Gasteiger partial charge in [-0.25, -0.2) is 9.88 Å². The summed E-state index contributed by atoms with van der Waals surface area (Å²) in [6.45, 7) is 3.83. The van der Waals surface area contributed by atoms with E-state index in [1.807, 2.05) is 24.3 Å². The maximum Gasteiger partial charge on any atom is 0.257 e. The van der Waals surface area contributed by atoms with E-state index < -0.39 is 11.9 Å². The highest BCUT2D eigenvalue weighted by atomic mass is 16.5. The van der Waals surface area contributed by atoms with Gasteiger partial charge in [0.25, 0.3) is 11.8 Å². The van der Waals surface area contributed by atoms with E-state index in [-0.39, 0.29) is 24.8 Å². The van der Waals surface area contributed by atoms with Gasteiger partial charge in [-0.05, 0) is 54.6 Å². The molecular weight excluding hydrogens is 458 g/mol. The van der Waals surface area contributed by atoms with E-state index in [9.17, 15) is 14.4 Å². The van der Waals surface area contributed by atoms with Gasteiger partial charge in [-0.2, -0.15) is 0 Å². The molecule has 3 amide bonds. The zero-order valence-corrected chi connectivity index (χ0v) is 19.6. The third-order valence-corrected chi connectivity index (χ3v) is 6.07. The first-order valence-corrected chi connectivity index (χ1v) is 11.4. The number of hydrogen-bond acceptors (Lipinski definition) is 6. The second kappa shape index (κ2) is 9.50. The molecule has 180 valence electrons. The Morgan fingerprint density at radius 3 is 2.64 bits per heavy atom. The molecule has 1 saturated heterocycles. The minimum absolute atomic E-state index is 0.115. The first-order valence-electron chi connectivity index (χ1n) is 11.4. The van der Waals surface area contributed by atoms with Crippen LogP contribution in [0.4, 0.5) is 5.69 Å². The van der Waals surface area contributed by atoms with Crippen molar-refractivity contribution < 1.29 is 23.5 Å². The number of nitrogens with zero attached hydrogens (tertiary/aromatic N) is 3. The van der Waals surface area contributed by atoms with Gasteiger partial charge in [-0.1, -0.05) is 24.3 Å². The summed E-state index contributed by atoms with van der Waals surface area (Å²) < 4.78 is 11.0. The third-order valence-electron chi connectivity index (χ3n) is 6.07. The first kappa shape index (κ1) is 23.0. The van der Waals surface area contributed by atoms with Crippen LogP contribution in [0.25, 0.3) is 22.6 Å². The molecule has 0 saturated carbocycles. The van der Waals surface area contributed by atoms with Crippen LogP contribution in [0.1, 0.15) is 16.8 Å². The quantitative estimate of drug-likeness (QED) is 0.286. The van der Waals surface area contributed by atoms with E-state index in [2.05, 4.69) is 11.6 Å². The first-order chi connectivity index (χ1) is 17.5. The van der Waals surface area contributed by atoms with Crippen molar-refractivity contribution in [1.29, 1.82) is 0 Å². The monoisotopic (exact) mass is 481 g/mol. The molecular formula is C28H23N3O5. The minimum Gasteiger partial charge on any atom is -0.497 e. The summed E-state index contributed by atoms with van der Waals surface area (Å²) in [6.07, 6.45) is 1.42. The van der Waals surface area contributed by atoms with E-state index in [1.54, 1.807) is 48.5 Å². The standard InChI is InChI=1S/C28H23N3O5/c1-3-15-30(27(33)19-7-6-8-21(16-19)35-2)23-17-25(32)31(28(23)34)20-13-11-18(12-14-20)26-29-22-9-4-5-10-24(22)36-26/h3-14,16,23H,1,15,17H2,2H3. The number of aromatic nitrogens is 1. The summed E-state index contributed by atoms with van der Waals surface area (Å²) in [5.41, 5.74) is 2.91. The van der Waals surface area contributed by atoms with Gasteiger partial charge in [0.1, 0.15) is 17.3 Å². The molecule has 0 N–H and O–H groups in total. The SMILES string of the molecule is C=CCN(C(=O)c1cccc(OC)c1)C1CC(=O)N(c2ccc(-c3nc4ccccc4o3)cc2)C1=O. The Morgan fingerprint density at radius 1 is 1.14 bits per heavy atom. The number of ether oxygens (including phenoxy) is 1. The molecule has 5 rings (SSSR count). The number of para-hydroxylation sites is 2. The molecule has 1 fully saturated rings. The number of fused-ring (bicyclic) bond motifs is 1. The lowest BCUT2D eigenvalue weighted by molar-refractivity contribution is -0.122. The van der Waals surface area contributed by atoms with E-state index in [0.29, 0.717) is 34.0 Å². The second-order valence-corrected chi connectivity index (χ2v) is 8.30. The van der Waals surface area contributed by atoms with Gasteiger partial charge in [-0.15, -0.1) is 6.58 Å². The molecule has 1 unspecified atom stereocenters. The number of methoxy groups -OCH3 is 1. The highest BCUT2D eigenvalue weighted by molar-refractivity contribution is 6.23. The fourth-order valence-corrected chi connectivity index (χ4v) is 4.29. The van der Waals surface area contributed by atoms with E-state index in [4.69, 9.17) is 9.15 Å². The zero-order valence-electron chi connectivity index (χ0n) is 19.6. The average molecular weight is 482 g/mol. The third kappa shape index (κ3) is 4.13. The van der Waals surface area contributed by atoms with Crippen LogP contribution in [-0.2, 0) is 9.59 Å². The number of benzene rings is 3. The lowest BCUT2D eigenvalue weighted by Crippen LogP contribution is -2.45. The highest BCUT2D eigenvalue weighted by Crippen LogP contribution is 2.30. The summed E-state index contributed by atoms with van der Waals surface area (Å²) in [4.78, 5) is 46.6. The minimum atomic E-state index is -0.939. The summed E-state index contributed by atoms with van der Waals surface area (Å²) >= 11 is 0. The van der Waals surface area contributed by atoms with Crippen molar-refractivity contribution >= 4 is 34.5 Å². The molecule has 36 heavy (non-hydrogen) atoms. The van der Waals surface area contributed by atoms with Gasteiger partial charge in [-0.3, -0.25) is 14.4 Å². The Kier molecular flexibility index (Phi) is 6.08. The summed E-state index contributed by atoms with van der Waals surface area (Å²) in [6, 6.07) is 20.0. The van der Waals surface area contributed by atoms with Crippen LogP contribution in [0.15, 0.2) is 89.9 Å². The fourth-order valence-electron chi connectivity index (χ4n) is 4.29.